The van der Waals surface area contributed by atoms with Crippen LogP contribution in [0.25, 0.3) is 22.3 Å². The van der Waals surface area contributed by atoms with Crippen LogP contribution < -0.4 is 5.43 Å². The first-order chi connectivity index (χ1) is 9.58. The van der Waals surface area contributed by atoms with Gasteiger partial charge in [-0.05, 0) is 24.6 Å². The van der Waals surface area contributed by atoms with Gasteiger partial charge in [0, 0.05) is 11.6 Å². The van der Waals surface area contributed by atoms with E-state index in [1.54, 1.807) is 6.07 Å². The van der Waals surface area contributed by atoms with Crippen molar-refractivity contribution in [2.45, 2.75) is 6.92 Å². The predicted octanol–water partition coefficient (Wildman–Crippen LogP) is 4.13. The van der Waals surface area contributed by atoms with Gasteiger partial charge in [0.2, 0.25) is 0 Å². The quantitative estimate of drug-likeness (QED) is 0.732. The largest absolute Gasteiger partial charge is 0.506 e. The van der Waals surface area contributed by atoms with Crippen LogP contribution in [-0.4, -0.2) is 5.11 Å². The molecule has 3 nitrogen and oxygen atoms in total. The van der Waals surface area contributed by atoms with Crippen molar-refractivity contribution < 1.29 is 9.52 Å². The zero-order valence-corrected chi connectivity index (χ0v) is 11.4. The molecule has 0 aliphatic rings. The molecule has 20 heavy (non-hydrogen) atoms. The van der Waals surface area contributed by atoms with Crippen LogP contribution in [0, 0.1) is 6.92 Å². The van der Waals surface area contributed by atoms with Gasteiger partial charge in [-0.1, -0.05) is 35.9 Å². The smallest absolute Gasteiger partial charge is 0.194 e. The number of aryl methyl sites for hydroxylation is 1. The van der Waals surface area contributed by atoms with Crippen molar-refractivity contribution in [3.63, 3.8) is 0 Å². The summed E-state index contributed by atoms with van der Waals surface area (Å²) in [5.74, 6) is 0.359. The van der Waals surface area contributed by atoms with Crippen molar-refractivity contribution >= 4 is 22.6 Å². The lowest BCUT2D eigenvalue weighted by Crippen LogP contribution is -2.01. The van der Waals surface area contributed by atoms with Gasteiger partial charge in [0.15, 0.2) is 5.43 Å². The molecule has 100 valence electrons. The van der Waals surface area contributed by atoms with E-state index in [0.717, 1.165) is 11.1 Å². The average Bonchev–Trinajstić information content (AvgIpc) is 2.43. The fraction of sp³-hybridized carbons (Fsp3) is 0.0625. The highest BCUT2D eigenvalue weighted by Crippen LogP contribution is 2.32. The second kappa shape index (κ2) is 4.69. The van der Waals surface area contributed by atoms with Crippen molar-refractivity contribution in [2.75, 3.05) is 0 Å². The van der Waals surface area contributed by atoms with Crippen molar-refractivity contribution in [1.29, 1.82) is 0 Å². The van der Waals surface area contributed by atoms with Gasteiger partial charge in [-0.2, -0.15) is 0 Å². The molecule has 3 rings (SSSR count). The number of hydrogen-bond donors (Lipinski definition) is 1. The summed E-state index contributed by atoms with van der Waals surface area (Å²) in [5.41, 5.74) is 1.96. The summed E-state index contributed by atoms with van der Waals surface area (Å²) >= 11 is 5.95. The monoisotopic (exact) mass is 286 g/mol. The highest BCUT2D eigenvalue weighted by molar-refractivity contribution is 6.36. The third-order valence-electron chi connectivity index (χ3n) is 3.22. The Morgan fingerprint density at radius 1 is 1.15 bits per heavy atom. The molecule has 4 heteroatoms. The molecule has 0 atom stereocenters. The van der Waals surface area contributed by atoms with Gasteiger partial charge in [-0.25, -0.2) is 0 Å². The molecule has 2 aromatic carbocycles. The Kier molecular flexibility index (Phi) is 2.99. The van der Waals surface area contributed by atoms with E-state index in [9.17, 15) is 9.90 Å². The number of benzene rings is 2. The van der Waals surface area contributed by atoms with Crippen molar-refractivity contribution in [1.82, 2.24) is 0 Å². The Hall–Kier alpha value is -2.26. The van der Waals surface area contributed by atoms with Gasteiger partial charge in [0.05, 0.1) is 10.4 Å². The Bertz CT molecular complexity index is 865. The van der Waals surface area contributed by atoms with Gasteiger partial charge in [0.1, 0.15) is 17.1 Å². The second-order valence-corrected chi connectivity index (χ2v) is 4.94. The van der Waals surface area contributed by atoms with Gasteiger partial charge in [-0.15, -0.1) is 0 Å². The number of hydrogen-bond acceptors (Lipinski definition) is 3. The molecule has 0 radical (unpaired) electrons. The van der Waals surface area contributed by atoms with Gasteiger partial charge in [-0.3, -0.25) is 4.79 Å². The molecule has 0 bridgehead atoms. The summed E-state index contributed by atoms with van der Waals surface area (Å²) < 4.78 is 5.75. The lowest BCUT2D eigenvalue weighted by Gasteiger charge is -2.07. The molecule has 1 aromatic heterocycles. The third-order valence-corrected chi connectivity index (χ3v) is 3.60. The molecule has 0 saturated heterocycles. The first kappa shape index (κ1) is 12.8. The van der Waals surface area contributed by atoms with Crippen LogP contribution in [-0.2, 0) is 0 Å². The van der Waals surface area contributed by atoms with Crippen LogP contribution in [0.2, 0.25) is 5.02 Å². The molecule has 0 spiro atoms. The minimum atomic E-state index is -0.273. The minimum Gasteiger partial charge on any atom is -0.506 e. The van der Waals surface area contributed by atoms with E-state index in [0.29, 0.717) is 11.3 Å². The van der Waals surface area contributed by atoms with Gasteiger partial charge in [0.25, 0.3) is 0 Å². The van der Waals surface area contributed by atoms with E-state index in [2.05, 4.69) is 0 Å². The molecular weight excluding hydrogens is 276 g/mol. The zero-order valence-electron chi connectivity index (χ0n) is 10.7. The molecule has 0 aliphatic heterocycles. The number of halogens is 1. The molecule has 0 saturated carbocycles. The van der Waals surface area contributed by atoms with E-state index >= 15 is 0 Å². The molecular formula is C16H11ClO3. The lowest BCUT2D eigenvalue weighted by molar-refractivity contribution is 0.476. The van der Waals surface area contributed by atoms with Crippen molar-refractivity contribution in [2.24, 2.45) is 0 Å². The maximum absolute atomic E-state index is 12.2. The van der Waals surface area contributed by atoms with E-state index in [4.69, 9.17) is 16.0 Å². The van der Waals surface area contributed by atoms with E-state index in [1.165, 1.54) is 12.1 Å². The summed E-state index contributed by atoms with van der Waals surface area (Å²) in [6.07, 6.45) is 0. The Labute approximate surface area is 120 Å². The normalized spacial score (nSPS) is 10.9. The van der Waals surface area contributed by atoms with Crippen LogP contribution >= 0.6 is 11.6 Å². The van der Waals surface area contributed by atoms with Crippen LogP contribution in [0.15, 0.2) is 51.7 Å². The zero-order chi connectivity index (χ0) is 14.3. The van der Waals surface area contributed by atoms with Crippen LogP contribution in [0.1, 0.15) is 5.56 Å². The Morgan fingerprint density at radius 2 is 1.90 bits per heavy atom. The van der Waals surface area contributed by atoms with E-state index in [-0.39, 0.29) is 21.6 Å². The molecule has 0 unspecified atom stereocenters. The maximum atomic E-state index is 12.2. The van der Waals surface area contributed by atoms with Crippen LogP contribution in [0.4, 0.5) is 0 Å². The highest BCUT2D eigenvalue weighted by atomic mass is 35.5. The minimum absolute atomic E-state index is 0.0209. The summed E-state index contributed by atoms with van der Waals surface area (Å²) in [4.78, 5) is 12.2. The van der Waals surface area contributed by atoms with E-state index < -0.39 is 0 Å². The molecule has 1 N–H and O–H groups in total. The SMILES string of the molecule is Cc1ccccc1-c1cc(=O)c2c(Cl)c(O)ccc2o1. The second-order valence-electron chi connectivity index (χ2n) is 4.56. The number of rotatable bonds is 1. The number of phenols is 1. The summed E-state index contributed by atoms with van der Waals surface area (Å²) in [5, 5.41) is 9.78. The van der Waals surface area contributed by atoms with Crippen molar-refractivity contribution in [3.05, 3.63) is 63.3 Å². The Morgan fingerprint density at radius 3 is 2.65 bits per heavy atom. The predicted molar refractivity (Wildman–Crippen MR) is 79.3 cm³/mol. The molecule has 1 heterocycles. The third kappa shape index (κ3) is 1.96. The molecule has 3 aromatic rings. The summed E-state index contributed by atoms with van der Waals surface area (Å²) in [6, 6.07) is 12.0. The summed E-state index contributed by atoms with van der Waals surface area (Å²) in [7, 11) is 0. The molecule has 0 amide bonds. The van der Waals surface area contributed by atoms with E-state index in [1.807, 2.05) is 31.2 Å². The van der Waals surface area contributed by atoms with Crippen LogP contribution in [0.3, 0.4) is 0 Å². The number of aromatic hydroxyl groups is 1. The average molecular weight is 287 g/mol. The highest BCUT2D eigenvalue weighted by Gasteiger charge is 2.13. The molecule has 0 aliphatic carbocycles. The topological polar surface area (TPSA) is 50.4 Å². The number of fused-ring (bicyclic) bond motifs is 1. The maximum Gasteiger partial charge on any atom is 0.194 e. The first-order valence-corrected chi connectivity index (χ1v) is 6.47. The van der Waals surface area contributed by atoms with Crippen molar-refractivity contribution in [3.8, 4) is 17.1 Å². The standard InChI is InChI=1S/C16H11ClO3/c1-9-4-2-3-5-10(9)14-8-12(19)15-13(20-14)7-6-11(18)16(15)17/h2-8,18H,1H3. The first-order valence-electron chi connectivity index (χ1n) is 6.09. The lowest BCUT2D eigenvalue weighted by atomic mass is 10.1. The summed E-state index contributed by atoms with van der Waals surface area (Å²) in [6.45, 7) is 1.95. The fourth-order valence-corrected chi connectivity index (χ4v) is 2.43. The fourth-order valence-electron chi connectivity index (χ4n) is 2.18. The van der Waals surface area contributed by atoms with Crippen LogP contribution in [0.5, 0.6) is 5.75 Å². The Balaban J connectivity index is 2.35. The van der Waals surface area contributed by atoms with Gasteiger partial charge < -0.3 is 9.52 Å². The number of phenolic OH excluding ortho intramolecular Hbond substituents is 1. The molecule has 0 fully saturated rings. The van der Waals surface area contributed by atoms with Gasteiger partial charge >= 0.3 is 0 Å².